The van der Waals surface area contributed by atoms with E-state index in [1.54, 1.807) is 15.6 Å². The van der Waals surface area contributed by atoms with Crippen LogP contribution in [0.4, 0.5) is 0 Å². The van der Waals surface area contributed by atoms with Gasteiger partial charge in [-0.1, -0.05) is 6.07 Å². The number of nitrogens with one attached hydrogen (secondary N) is 1. The Kier molecular flexibility index (Phi) is 7.06. The molecule has 1 saturated heterocycles. The molecule has 1 aromatic heterocycles. The Morgan fingerprint density at radius 1 is 1.54 bits per heavy atom. The summed E-state index contributed by atoms with van der Waals surface area (Å²) in [6, 6.07) is 4.23. The second-order valence-electron chi connectivity index (χ2n) is 6.22. The molecule has 1 aliphatic rings. The largest absolute Gasteiger partial charge is 0.357 e. The number of thiophene rings is 1. The number of rotatable bonds is 7. The molecule has 0 bridgehead atoms. The number of sulfonamides is 1. The number of hydrogen-bond acceptors (Lipinski definition) is 4. The van der Waals surface area contributed by atoms with Crippen LogP contribution in [0.25, 0.3) is 0 Å². The van der Waals surface area contributed by atoms with Crippen LogP contribution in [-0.4, -0.2) is 69.6 Å². The molecule has 2 rings (SSSR count). The minimum Gasteiger partial charge on any atom is -0.357 e. The summed E-state index contributed by atoms with van der Waals surface area (Å²) in [7, 11) is -1.03. The number of hydrogen-bond donors (Lipinski definition) is 1. The summed E-state index contributed by atoms with van der Waals surface area (Å²) in [5.74, 6) is 1.20. The molecule has 0 aliphatic carbocycles. The van der Waals surface area contributed by atoms with Crippen molar-refractivity contribution in [3.63, 3.8) is 0 Å². The predicted molar refractivity (Wildman–Crippen MR) is 101 cm³/mol. The van der Waals surface area contributed by atoms with Gasteiger partial charge in [-0.05, 0) is 37.1 Å². The first-order valence-corrected chi connectivity index (χ1v) is 11.1. The minimum absolute atomic E-state index is 0.305. The van der Waals surface area contributed by atoms with Crippen LogP contribution in [0.15, 0.2) is 22.5 Å². The van der Waals surface area contributed by atoms with E-state index in [9.17, 15) is 8.42 Å². The fraction of sp³-hybridized carbons (Fsp3) is 0.688. The topological polar surface area (TPSA) is 65.0 Å². The molecule has 0 spiro atoms. The van der Waals surface area contributed by atoms with Crippen LogP contribution in [0.1, 0.15) is 18.2 Å². The van der Waals surface area contributed by atoms with Gasteiger partial charge in [0.1, 0.15) is 0 Å². The van der Waals surface area contributed by atoms with Gasteiger partial charge in [-0.15, -0.1) is 11.3 Å². The highest BCUT2D eigenvalue weighted by molar-refractivity contribution is 7.88. The van der Waals surface area contributed by atoms with Gasteiger partial charge >= 0.3 is 0 Å². The molecule has 6 nitrogen and oxygen atoms in total. The molecule has 2 heterocycles. The lowest BCUT2D eigenvalue weighted by molar-refractivity contribution is 0.458. The van der Waals surface area contributed by atoms with E-state index in [-0.39, 0.29) is 0 Å². The fourth-order valence-electron chi connectivity index (χ4n) is 2.77. The number of nitrogens with zero attached hydrogens (tertiary/aromatic N) is 3. The molecular formula is C16H28N4O2S2. The summed E-state index contributed by atoms with van der Waals surface area (Å²) in [5, 5.41) is 5.42. The van der Waals surface area contributed by atoms with Gasteiger partial charge in [0, 0.05) is 44.6 Å². The molecule has 0 aromatic carbocycles. The van der Waals surface area contributed by atoms with Crippen molar-refractivity contribution < 1.29 is 8.42 Å². The average Bonchev–Trinajstić information content (AvgIpc) is 3.19. The van der Waals surface area contributed by atoms with E-state index < -0.39 is 10.0 Å². The molecule has 136 valence electrons. The molecule has 0 radical (unpaired) electrons. The Morgan fingerprint density at radius 2 is 2.33 bits per heavy atom. The van der Waals surface area contributed by atoms with Gasteiger partial charge in [-0.3, -0.25) is 4.99 Å². The third-order valence-electron chi connectivity index (χ3n) is 4.19. The van der Waals surface area contributed by atoms with Crippen LogP contribution >= 0.6 is 11.3 Å². The van der Waals surface area contributed by atoms with E-state index in [0.717, 1.165) is 31.9 Å². The van der Waals surface area contributed by atoms with Gasteiger partial charge in [0.2, 0.25) is 10.0 Å². The highest BCUT2D eigenvalue weighted by atomic mass is 32.2. The molecule has 1 fully saturated rings. The first-order chi connectivity index (χ1) is 11.4. The Balaban J connectivity index is 1.88. The minimum atomic E-state index is -3.07. The molecule has 1 aromatic rings. The second-order valence-corrected chi connectivity index (χ2v) is 9.24. The van der Waals surface area contributed by atoms with Gasteiger partial charge in [0.25, 0.3) is 0 Å². The van der Waals surface area contributed by atoms with Crippen molar-refractivity contribution in [2.75, 3.05) is 46.0 Å². The van der Waals surface area contributed by atoms with Crippen LogP contribution < -0.4 is 5.32 Å². The zero-order valence-corrected chi connectivity index (χ0v) is 16.4. The van der Waals surface area contributed by atoms with Crippen molar-refractivity contribution in [3.8, 4) is 0 Å². The summed E-state index contributed by atoms with van der Waals surface area (Å²) in [4.78, 5) is 8.24. The molecular weight excluding hydrogens is 344 g/mol. The van der Waals surface area contributed by atoms with Crippen molar-refractivity contribution in [1.82, 2.24) is 14.5 Å². The zero-order chi connectivity index (χ0) is 17.6. The van der Waals surface area contributed by atoms with Gasteiger partial charge in [-0.25, -0.2) is 12.7 Å². The maximum absolute atomic E-state index is 11.6. The van der Waals surface area contributed by atoms with Gasteiger partial charge in [-0.2, -0.15) is 0 Å². The van der Waals surface area contributed by atoms with E-state index in [1.165, 1.54) is 11.1 Å². The highest BCUT2D eigenvalue weighted by Gasteiger charge is 2.28. The Labute approximate surface area is 149 Å². The smallest absolute Gasteiger partial charge is 0.211 e. The standard InChI is InChI=1S/C16H28N4O2S2/c1-4-17-16(19(2)9-8-15-6-5-11-23-15)18-12-14-7-10-20(13-14)24(3,21)22/h5-6,11,14H,4,7-10,12-13H2,1-3H3,(H,17,18). The number of aliphatic imine (C=N–C) groups is 1. The molecule has 1 aliphatic heterocycles. The molecule has 24 heavy (non-hydrogen) atoms. The van der Waals surface area contributed by atoms with Crippen molar-refractivity contribution in [2.45, 2.75) is 19.8 Å². The quantitative estimate of drug-likeness (QED) is 0.581. The molecule has 1 N–H and O–H groups in total. The van der Waals surface area contributed by atoms with Crippen molar-refractivity contribution in [1.29, 1.82) is 0 Å². The van der Waals surface area contributed by atoms with E-state index >= 15 is 0 Å². The van der Waals surface area contributed by atoms with Crippen LogP contribution in [0, 0.1) is 5.92 Å². The third-order valence-corrected chi connectivity index (χ3v) is 6.39. The summed E-state index contributed by atoms with van der Waals surface area (Å²) in [6.07, 6.45) is 3.17. The van der Waals surface area contributed by atoms with Crippen molar-refractivity contribution in [3.05, 3.63) is 22.4 Å². The van der Waals surface area contributed by atoms with Crippen LogP contribution in [0.2, 0.25) is 0 Å². The third kappa shape index (κ3) is 5.75. The predicted octanol–water partition coefficient (Wildman–Crippen LogP) is 1.47. The number of guanidine groups is 1. The summed E-state index contributed by atoms with van der Waals surface area (Å²) >= 11 is 1.78. The normalized spacial score (nSPS) is 19.6. The van der Waals surface area contributed by atoms with Crippen molar-refractivity contribution >= 4 is 27.3 Å². The first-order valence-electron chi connectivity index (χ1n) is 8.37. The monoisotopic (exact) mass is 372 g/mol. The Bertz CT molecular complexity index is 629. The lowest BCUT2D eigenvalue weighted by atomic mass is 10.1. The summed E-state index contributed by atoms with van der Waals surface area (Å²) < 4.78 is 24.7. The molecule has 1 unspecified atom stereocenters. The maximum atomic E-state index is 11.6. The van der Waals surface area contributed by atoms with Crippen LogP contribution in [-0.2, 0) is 16.4 Å². The molecule has 0 amide bonds. The second kappa shape index (κ2) is 8.82. The molecule has 0 saturated carbocycles. The van der Waals surface area contributed by atoms with E-state index in [4.69, 9.17) is 4.99 Å². The lowest BCUT2D eigenvalue weighted by Gasteiger charge is -2.22. The lowest BCUT2D eigenvalue weighted by Crippen LogP contribution is -2.40. The van der Waals surface area contributed by atoms with E-state index in [1.807, 2.05) is 7.05 Å². The summed E-state index contributed by atoms with van der Waals surface area (Å²) in [5.41, 5.74) is 0. The zero-order valence-electron chi connectivity index (χ0n) is 14.7. The van der Waals surface area contributed by atoms with Crippen LogP contribution in [0.3, 0.4) is 0 Å². The molecule has 8 heteroatoms. The van der Waals surface area contributed by atoms with Crippen LogP contribution in [0.5, 0.6) is 0 Å². The Hall–Kier alpha value is -1.12. The van der Waals surface area contributed by atoms with E-state index in [2.05, 4.69) is 34.7 Å². The van der Waals surface area contributed by atoms with Gasteiger partial charge < -0.3 is 10.2 Å². The maximum Gasteiger partial charge on any atom is 0.211 e. The Morgan fingerprint density at radius 3 is 2.92 bits per heavy atom. The summed E-state index contributed by atoms with van der Waals surface area (Å²) in [6.45, 7) is 5.65. The average molecular weight is 373 g/mol. The number of likely N-dealkylation sites (N-methyl/N-ethyl adjacent to an activating group) is 1. The van der Waals surface area contributed by atoms with E-state index in [0.29, 0.717) is 25.6 Å². The van der Waals surface area contributed by atoms with Gasteiger partial charge in [0.05, 0.1) is 6.26 Å². The highest BCUT2D eigenvalue weighted by Crippen LogP contribution is 2.19. The van der Waals surface area contributed by atoms with Crippen molar-refractivity contribution in [2.24, 2.45) is 10.9 Å². The fourth-order valence-corrected chi connectivity index (χ4v) is 4.39. The SMILES string of the molecule is CCNC(=NCC1CCN(S(C)(=O)=O)C1)N(C)CCc1cccs1. The first kappa shape index (κ1) is 19.2. The van der Waals surface area contributed by atoms with Gasteiger partial charge in [0.15, 0.2) is 5.96 Å². The molecule has 1 atom stereocenters.